The van der Waals surface area contributed by atoms with Gasteiger partial charge in [-0.05, 0) is 72.7 Å². The number of aryl methyl sites for hydroxylation is 1. The minimum absolute atomic E-state index is 0.0168. The van der Waals surface area contributed by atoms with Crippen LogP contribution < -0.4 is 14.9 Å². The number of benzene rings is 2. The van der Waals surface area contributed by atoms with Crippen LogP contribution in [0.4, 0.5) is 0 Å². The highest BCUT2D eigenvalue weighted by molar-refractivity contribution is 14.1. The lowest BCUT2D eigenvalue weighted by Gasteiger charge is -2.10. The minimum atomic E-state index is -0.391. The van der Waals surface area contributed by atoms with E-state index >= 15 is 0 Å². The van der Waals surface area contributed by atoms with Crippen LogP contribution in [0.2, 0.25) is 0 Å². The average Bonchev–Trinajstić information content (AvgIpc) is 2.60. The molecule has 0 aliphatic heterocycles. The molecule has 26 heavy (non-hydrogen) atoms. The Morgan fingerprint density at radius 2 is 2.04 bits per heavy atom. The molecule has 0 bridgehead atoms. The lowest BCUT2D eigenvalue weighted by atomic mass is 10.1. The van der Waals surface area contributed by atoms with Crippen LogP contribution in [0.25, 0.3) is 0 Å². The molecule has 0 aliphatic rings. The number of hydrogen-bond acceptors (Lipinski definition) is 5. The molecule has 0 radical (unpaired) electrons. The third-order valence-electron chi connectivity index (χ3n) is 3.68. The quantitative estimate of drug-likeness (QED) is 0.370. The van der Waals surface area contributed by atoms with E-state index in [0.717, 1.165) is 14.7 Å². The molecule has 2 aromatic carbocycles. The third-order valence-corrected chi connectivity index (χ3v) is 4.30. The monoisotopic (exact) mass is 468 g/mol. The van der Waals surface area contributed by atoms with E-state index in [9.17, 15) is 9.90 Å². The van der Waals surface area contributed by atoms with E-state index in [0.29, 0.717) is 23.7 Å². The smallest absolute Gasteiger partial charge is 0.277 e. The maximum Gasteiger partial charge on any atom is 0.277 e. The zero-order valence-electron chi connectivity index (χ0n) is 14.9. The first-order valence-electron chi connectivity index (χ1n) is 8.08. The van der Waals surface area contributed by atoms with Gasteiger partial charge in [-0.25, -0.2) is 5.43 Å². The highest BCUT2D eigenvalue weighted by Crippen LogP contribution is 2.31. The summed E-state index contributed by atoms with van der Waals surface area (Å²) in [6.07, 6.45) is 1.37. The number of aromatic hydroxyl groups is 1. The Bertz CT molecular complexity index is 821. The number of hydrazone groups is 1. The SMILES string of the molecule is CCOc1cc(I)cc(C=NNC(=O)COc2cccc(C)c2C)c1O. The Kier molecular flexibility index (Phi) is 7.26. The van der Waals surface area contributed by atoms with Crippen LogP contribution in [0.1, 0.15) is 23.6 Å². The van der Waals surface area contributed by atoms with Crippen LogP contribution in [0.3, 0.4) is 0 Å². The van der Waals surface area contributed by atoms with Crippen molar-refractivity contribution in [3.05, 3.63) is 50.6 Å². The molecule has 6 nitrogen and oxygen atoms in total. The van der Waals surface area contributed by atoms with Gasteiger partial charge in [-0.3, -0.25) is 4.79 Å². The Hall–Kier alpha value is -2.29. The molecule has 2 N–H and O–H groups in total. The van der Waals surface area contributed by atoms with Crippen molar-refractivity contribution >= 4 is 34.7 Å². The predicted molar refractivity (Wildman–Crippen MR) is 109 cm³/mol. The number of carbonyl (C=O) groups excluding carboxylic acids is 1. The van der Waals surface area contributed by atoms with Crippen LogP contribution in [-0.4, -0.2) is 30.4 Å². The number of phenols is 1. The second kappa shape index (κ2) is 9.42. The van der Waals surface area contributed by atoms with Gasteiger partial charge in [-0.1, -0.05) is 12.1 Å². The number of nitrogens with zero attached hydrogens (tertiary/aromatic N) is 1. The van der Waals surface area contributed by atoms with E-state index in [1.54, 1.807) is 12.1 Å². The molecule has 0 aromatic heterocycles. The molecule has 0 unspecified atom stereocenters. The predicted octanol–water partition coefficient (Wildman–Crippen LogP) is 3.54. The Morgan fingerprint density at radius 1 is 1.27 bits per heavy atom. The fourth-order valence-corrected chi connectivity index (χ4v) is 2.81. The molecule has 0 heterocycles. The number of carbonyl (C=O) groups is 1. The molecule has 138 valence electrons. The molecule has 1 amide bonds. The van der Waals surface area contributed by atoms with E-state index in [-0.39, 0.29) is 12.4 Å². The summed E-state index contributed by atoms with van der Waals surface area (Å²) in [4.78, 5) is 11.9. The van der Waals surface area contributed by atoms with Crippen molar-refractivity contribution in [2.24, 2.45) is 5.10 Å². The molecule has 0 saturated heterocycles. The van der Waals surface area contributed by atoms with Crippen molar-refractivity contribution in [1.29, 1.82) is 0 Å². The summed E-state index contributed by atoms with van der Waals surface area (Å²) < 4.78 is 11.8. The summed E-state index contributed by atoms with van der Waals surface area (Å²) in [5.41, 5.74) is 4.93. The summed E-state index contributed by atoms with van der Waals surface area (Å²) in [6, 6.07) is 9.15. The standard InChI is InChI=1S/C19H21IN2O4/c1-4-25-17-9-15(20)8-14(19(17)24)10-21-22-18(23)11-26-16-7-5-6-12(2)13(16)3/h5-10,24H,4,11H2,1-3H3,(H,22,23). The maximum absolute atomic E-state index is 11.9. The topological polar surface area (TPSA) is 80.2 Å². The van der Waals surface area contributed by atoms with Gasteiger partial charge in [0, 0.05) is 9.13 Å². The molecule has 0 aliphatic carbocycles. The lowest BCUT2D eigenvalue weighted by Crippen LogP contribution is -2.24. The molecular weight excluding hydrogens is 447 g/mol. The molecule has 2 aromatic rings. The molecule has 0 atom stereocenters. The number of halogens is 1. The van der Waals surface area contributed by atoms with Crippen molar-refractivity contribution in [2.45, 2.75) is 20.8 Å². The van der Waals surface area contributed by atoms with Crippen molar-refractivity contribution in [1.82, 2.24) is 5.43 Å². The van der Waals surface area contributed by atoms with Crippen LogP contribution >= 0.6 is 22.6 Å². The highest BCUT2D eigenvalue weighted by Gasteiger charge is 2.09. The van der Waals surface area contributed by atoms with E-state index in [2.05, 4.69) is 33.1 Å². The molecule has 2 rings (SSSR count). The number of phenolic OH excluding ortho intramolecular Hbond substituents is 1. The molecule has 7 heteroatoms. The van der Waals surface area contributed by atoms with Gasteiger partial charge in [-0.15, -0.1) is 0 Å². The van der Waals surface area contributed by atoms with Gasteiger partial charge in [0.25, 0.3) is 5.91 Å². The van der Waals surface area contributed by atoms with Gasteiger partial charge in [-0.2, -0.15) is 5.10 Å². The minimum Gasteiger partial charge on any atom is -0.504 e. The Labute approximate surface area is 166 Å². The first kappa shape index (κ1) is 20.0. The van der Waals surface area contributed by atoms with Crippen molar-refractivity contribution in [3.63, 3.8) is 0 Å². The van der Waals surface area contributed by atoms with Crippen molar-refractivity contribution in [2.75, 3.05) is 13.2 Å². The summed E-state index contributed by atoms with van der Waals surface area (Å²) in [6.45, 7) is 6.05. The molecular formula is C19H21IN2O4. The van der Waals surface area contributed by atoms with Gasteiger partial charge in [0.05, 0.1) is 12.8 Å². The Balaban J connectivity index is 1.96. The molecule has 0 fully saturated rings. The summed E-state index contributed by atoms with van der Waals surface area (Å²) in [5.74, 6) is 0.639. The fourth-order valence-electron chi connectivity index (χ4n) is 2.19. The largest absolute Gasteiger partial charge is 0.504 e. The second-order valence-electron chi connectivity index (χ2n) is 5.55. The zero-order valence-corrected chi connectivity index (χ0v) is 17.0. The number of ether oxygens (including phenoxy) is 2. The van der Waals surface area contributed by atoms with E-state index in [1.807, 2.05) is 39.0 Å². The van der Waals surface area contributed by atoms with Crippen molar-refractivity contribution in [3.8, 4) is 17.2 Å². The van der Waals surface area contributed by atoms with Crippen LogP contribution in [-0.2, 0) is 4.79 Å². The van der Waals surface area contributed by atoms with Crippen molar-refractivity contribution < 1.29 is 19.4 Å². The number of hydrogen-bond donors (Lipinski definition) is 2. The number of nitrogens with one attached hydrogen (secondary N) is 1. The van der Waals surface area contributed by atoms with E-state index in [4.69, 9.17) is 9.47 Å². The van der Waals surface area contributed by atoms with Gasteiger partial charge in [0.2, 0.25) is 0 Å². The van der Waals surface area contributed by atoms with Gasteiger partial charge >= 0.3 is 0 Å². The average molecular weight is 468 g/mol. The molecule has 0 spiro atoms. The second-order valence-corrected chi connectivity index (χ2v) is 6.80. The lowest BCUT2D eigenvalue weighted by molar-refractivity contribution is -0.123. The normalized spacial score (nSPS) is 10.8. The number of rotatable bonds is 7. The third kappa shape index (κ3) is 5.35. The van der Waals surface area contributed by atoms with Crippen LogP contribution in [0.5, 0.6) is 17.2 Å². The highest BCUT2D eigenvalue weighted by atomic mass is 127. The first-order chi connectivity index (χ1) is 12.4. The zero-order chi connectivity index (χ0) is 19.1. The first-order valence-corrected chi connectivity index (χ1v) is 9.16. The Morgan fingerprint density at radius 3 is 2.77 bits per heavy atom. The summed E-state index contributed by atoms with van der Waals surface area (Å²) in [7, 11) is 0. The van der Waals surface area contributed by atoms with Gasteiger partial charge in [0.1, 0.15) is 5.75 Å². The van der Waals surface area contributed by atoms with E-state index < -0.39 is 5.91 Å². The number of amides is 1. The fraction of sp³-hybridized carbons (Fsp3) is 0.263. The summed E-state index contributed by atoms with van der Waals surface area (Å²) >= 11 is 2.12. The van der Waals surface area contributed by atoms with Gasteiger partial charge < -0.3 is 14.6 Å². The summed E-state index contributed by atoms with van der Waals surface area (Å²) in [5, 5.41) is 14.0. The maximum atomic E-state index is 11.9. The van der Waals surface area contributed by atoms with Crippen LogP contribution in [0, 0.1) is 17.4 Å². The van der Waals surface area contributed by atoms with Crippen LogP contribution in [0.15, 0.2) is 35.4 Å². The van der Waals surface area contributed by atoms with Gasteiger partial charge in [0.15, 0.2) is 18.1 Å². The van der Waals surface area contributed by atoms with E-state index in [1.165, 1.54) is 6.21 Å². The molecule has 0 saturated carbocycles.